The van der Waals surface area contributed by atoms with Gasteiger partial charge in [0, 0.05) is 57.7 Å². The second-order valence-electron chi connectivity index (χ2n) is 13.4. The maximum absolute atomic E-state index is 4.54. The molecule has 0 saturated carbocycles. The van der Waals surface area contributed by atoms with E-state index in [9.17, 15) is 0 Å². The summed E-state index contributed by atoms with van der Waals surface area (Å²) in [4.78, 5) is 9.08. The van der Waals surface area contributed by atoms with Gasteiger partial charge < -0.3 is 9.13 Å². The third kappa shape index (κ3) is 4.15. The summed E-state index contributed by atoms with van der Waals surface area (Å²) in [5.74, 6) is 0. The van der Waals surface area contributed by atoms with Crippen LogP contribution in [-0.4, -0.2) is 19.1 Å². The molecule has 0 N–H and O–H groups in total. The van der Waals surface area contributed by atoms with E-state index in [1.807, 2.05) is 24.8 Å². The highest BCUT2D eigenvalue weighted by Gasteiger charge is 2.21. The first kappa shape index (κ1) is 28.8. The molecule has 0 atom stereocenters. The Balaban J connectivity index is 1.31. The monoisotopic (exact) mass is 662 g/mol. The fourth-order valence-electron chi connectivity index (χ4n) is 8.54. The molecule has 4 nitrogen and oxygen atoms in total. The van der Waals surface area contributed by atoms with Crippen LogP contribution in [0.15, 0.2) is 183 Å². The summed E-state index contributed by atoms with van der Waals surface area (Å²) >= 11 is 0. The van der Waals surface area contributed by atoms with Gasteiger partial charge in [0.05, 0.1) is 22.1 Å². The van der Waals surface area contributed by atoms with Crippen LogP contribution in [-0.2, 0) is 0 Å². The summed E-state index contributed by atoms with van der Waals surface area (Å²) in [7, 11) is 0. The van der Waals surface area contributed by atoms with Crippen molar-refractivity contribution in [2.45, 2.75) is 0 Å². The minimum absolute atomic E-state index is 1.09. The van der Waals surface area contributed by atoms with E-state index in [1.54, 1.807) is 0 Å². The minimum atomic E-state index is 1.09. The number of hydrogen-bond donors (Lipinski definition) is 0. The molecule has 0 aliphatic carbocycles. The number of hydrogen-bond acceptors (Lipinski definition) is 2. The Morgan fingerprint density at radius 2 is 0.692 bits per heavy atom. The first-order valence-electron chi connectivity index (χ1n) is 17.6. The summed E-state index contributed by atoms with van der Waals surface area (Å²) < 4.78 is 4.80. The van der Waals surface area contributed by atoms with Gasteiger partial charge in [0.1, 0.15) is 0 Å². The molecule has 0 radical (unpaired) electrons. The van der Waals surface area contributed by atoms with Gasteiger partial charge >= 0.3 is 0 Å². The number of fused-ring (bicyclic) bond motifs is 8. The van der Waals surface area contributed by atoms with Gasteiger partial charge in [0.15, 0.2) is 0 Å². The van der Waals surface area contributed by atoms with Gasteiger partial charge in [0.25, 0.3) is 0 Å². The molecule has 11 rings (SSSR count). The molecule has 0 spiro atoms. The SMILES string of the molecule is c1ccc(-c2c3ccccc3c(-c3cc(-n4c5ccccc5c5cnccc54)cc(-n4c5ccccc5c5cnccc54)c3)c3ccccc23)cc1. The standard InChI is InChI=1S/C48H30N4/c1-2-12-31(13-3-1)47-37-16-4-6-18-39(37)48(40-19-7-5-17-38(40)47)32-26-33(51-43-20-10-8-14-35(43)41-29-49-24-22-45(41)51)28-34(27-32)52-44-21-11-9-15-36(44)42-30-50-25-23-46(42)52/h1-30H. The lowest BCUT2D eigenvalue weighted by molar-refractivity contribution is 1.13. The summed E-state index contributed by atoms with van der Waals surface area (Å²) in [6.07, 6.45) is 7.77. The Morgan fingerprint density at radius 1 is 0.308 bits per heavy atom. The van der Waals surface area contributed by atoms with Gasteiger partial charge in [-0.1, -0.05) is 115 Å². The van der Waals surface area contributed by atoms with Crippen LogP contribution >= 0.6 is 0 Å². The number of para-hydroxylation sites is 2. The molecular formula is C48H30N4. The van der Waals surface area contributed by atoms with Crippen molar-refractivity contribution < 1.29 is 0 Å². The van der Waals surface area contributed by atoms with Crippen LogP contribution in [0, 0.1) is 0 Å². The summed E-state index contributed by atoms with van der Waals surface area (Å²) in [5, 5.41) is 9.56. The highest BCUT2D eigenvalue weighted by atomic mass is 15.0. The van der Waals surface area contributed by atoms with E-state index in [1.165, 1.54) is 49.0 Å². The second-order valence-corrected chi connectivity index (χ2v) is 13.4. The second kappa shape index (κ2) is 11.2. The Bertz CT molecular complexity index is 2890. The van der Waals surface area contributed by atoms with Crippen LogP contribution in [0.2, 0.25) is 0 Å². The van der Waals surface area contributed by atoms with Gasteiger partial charge in [-0.25, -0.2) is 0 Å². The highest BCUT2D eigenvalue weighted by molar-refractivity contribution is 6.21. The van der Waals surface area contributed by atoms with Gasteiger partial charge in [0.2, 0.25) is 0 Å². The Labute approximate surface area is 299 Å². The molecule has 0 fully saturated rings. The summed E-state index contributed by atoms with van der Waals surface area (Å²) in [6.45, 7) is 0. The first-order chi connectivity index (χ1) is 25.8. The van der Waals surface area contributed by atoms with Crippen molar-refractivity contribution in [1.82, 2.24) is 19.1 Å². The first-order valence-corrected chi connectivity index (χ1v) is 17.6. The number of benzene rings is 7. The third-order valence-corrected chi connectivity index (χ3v) is 10.6. The smallest absolute Gasteiger partial charge is 0.0571 e. The van der Waals surface area contributed by atoms with Crippen molar-refractivity contribution in [3.63, 3.8) is 0 Å². The van der Waals surface area contributed by atoms with Crippen molar-refractivity contribution in [3.8, 4) is 33.6 Å². The van der Waals surface area contributed by atoms with Crippen LogP contribution in [0.5, 0.6) is 0 Å². The molecular weight excluding hydrogens is 633 g/mol. The lowest BCUT2D eigenvalue weighted by Crippen LogP contribution is -2.01. The molecule has 52 heavy (non-hydrogen) atoms. The molecule has 0 saturated heterocycles. The average molecular weight is 663 g/mol. The molecule has 0 bridgehead atoms. The zero-order valence-electron chi connectivity index (χ0n) is 28.1. The van der Waals surface area contributed by atoms with E-state index in [0.29, 0.717) is 0 Å². The molecule has 0 unspecified atom stereocenters. The molecule has 0 amide bonds. The van der Waals surface area contributed by atoms with Crippen LogP contribution < -0.4 is 0 Å². The quantitative estimate of drug-likeness (QED) is 0.176. The number of pyridine rings is 2. The van der Waals surface area contributed by atoms with Gasteiger partial charge in [-0.2, -0.15) is 0 Å². The molecule has 4 heterocycles. The largest absolute Gasteiger partial charge is 0.309 e. The lowest BCUT2D eigenvalue weighted by atomic mass is 9.86. The fraction of sp³-hybridized carbons (Fsp3) is 0. The molecule has 7 aromatic carbocycles. The van der Waals surface area contributed by atoms with Crippen molar-refractivity contribution in [3.05, 3.63) is 183 Å². The van der Waals surface area contributed by atoms with Crippen molar-refractivity contribution in [2.24, 2.45) is 0 Å². The van der Waals surface area contributed by atoms with E-state index in [4.69, 9.17) is 0 Å². The topological polar surface area (TPSA) is 35.6 Å². The normalized spacial score (nSPS) is 11.8. The van der Waals surface area contributed by atoms with E-state index in [2.05, 4.69) is 177 Å². The van der Waals surface area contributed by atoms with Gasteiger partial charge in [-0.15, -0.1) is 0 Å². The Hall–Kier alpha value is -7.04. The van der Waals surface area contributed by atoms with Crippen LogP contribution in [0.3, 0.4) is 0 Å². The maximum Gasteiger partial charge on any atom is 0.0571 e. The number of nitrogens with zero attached hydrogens (tertiary/aromatic N) is 4. The van der Waals surface area contributed by atoms with Crippen LogP contribution in [0.4, 0.5) is 0 Å². The summed E-state index contributed by atoms with van der Waals surface area (Å²) in [5.41, 5.74) is 11.6. The predicted molar refractivity (Wildman–Crippen MR) is 217 cm³/mol. The number of rotatable bonds is 4. The van der Waals surface area contributed by atoms with E-state index in [0.717, 1.165) is 49.8 Å². The number of aromatic nitrogens is 4. The highest BCUT2D eigenvalue weighted by Crippen LogP contribution is 2.45. The van der Waals surface area contributed by atoms with Crippen LogP contribution in [0.1, 0.15) is 0 Å². The van der Waals surface area contributed by atoms with Crippen molar-refractivity contribution >= 4 is 65.2 Å². The molecule has 4 aromatic heterocycles. The summed E-state index contributed by atoms with van der Waals surface area (Å²) in [6, 6.07) is 57.2. The fourth-order valence-corrected chi connectivity index (χ4v) is 8.54. The molecule has 242 valence electrons. The van der Waals surface area contributed by atoms with E-state index < -0.39 is 0 Å². The molecule has 0 aliphatic heterocycles. The van der Waals surface area contributed by atoms with Gasteiger partial charge in [-0.3, -0.25) is 9.97 Å². The van der Waals surface area contributed by atoms with Crippen molar-refractivity contribution in [2.75, 3.05) is 0 Å². The maximum atomic E-state index is 4.54. The molecule has 4 heteroatoms. The molecule has 0 aliphatic rings. The Morgan fingerprint density at radius 3 is 1.17 bits per heavy atom. The Kier molecular flexibility index (Phi) is 6.22. The third-order valence-electron chi connectivity index (χ3n) is 10.6. The minimum Gasteiger partial charge on any atom is -0.309 e. The zero-order chi connectivity index (χ0) is 34.2. The van der Waals surface area contributed by atoms with E-state index in [-0.39, 0.29) is 0 Å². The predicted octanol–water partition coefficient (Wildman–Crippen LogP) is 12.3. The molecule has 11 aromatic rings. The van der Waals surface area contributed by atoms with E-state index >= 15 is 0 Å². The average Bonchev–Trinajstić information content (AvgIpc) is 3.73. The zero-order valence-corrected chi connectivity index (χ0v) is 28.1. The van der Waals surface area contributed by atoms with Gasteiger partial charge in [-0.05, 0) is 86.3 Å². The lowest BCUT2D eigenvalue weighted by Gasteiger charge is -2.20. The van der Waals surface area contributed by atoms with Crippen LogP contribution in [0.25, 0.3) is 98.8 Å². The van der Waals surface area contributed by atoms with Crippen molar-refractivity contribution in [1.29, 1.82) is 0 Å².